The van der Waals surface area contributed by atoms with Crippen molar-refractivity contribution in [2.45, 2.75) is 6.92 Å². The Balaban J connectivity index is 2.69. The molecule has 0 unspecified atom stereocenters. The molecule has 110 valence electrons. The Morgan fingerprint density at radius 1 is 1.19 bits per heavy atom. The molecule has 0 spiro atoms. The number of anilines is 1. The monoisotopic (exact) mass is 290 g/mol. The number of nitro groups is 1. The maximum Gasteiger partial charge on any atom is 0.316 e. The molecule has 21 heavy (non-hydrogen) atoms. The van der Waals surface area contributed by atoms with Crippen LogP contribution in [0.5, 0.6) is 11.5 Å². The lowest BCUT2D eigenvalue weighted by molar-refractivity contribution is -0.385. The van der Waals surface area contributed by atoms with Crippen molar-refractivity contribution in [1.29, 1.82) is 0 Å². The molecule has 0 aliphatic carbocycles. The number of nitrogens with zero attached hydrogens (tertiary/aromatic N) is 3. The summed E-state index contributed by atoms with van der Waals surface area (Å²) in [5.41, 5.74) is 6.25. The molecule has 2 aromatic rings. The zero-order chi connectivity index (χ0) is 15.6. The van der Waals surface area contributed by atoms with Gasteiger partial charge in [0.25, 0.3) is 0 Å². The number of methoxy groups -OCH3 is 2. The Hall–Kier alpha value is -2.90. The fraction of sp³-hybridized carbons (Fsp3) is 0.231. The maximum absolute atomic E-state index is 11.2. The molecule has 0 radical (unpaired) electrons. The first-order chi connectivity index (χ1) is 9.97. The van der Waals surface area contributed by atoms with E-state index in [0.717, 1.165) is 0 Å². The number of nitrogens with two attached hydrogens (primary N) is 1. The van der Waals surface area contributed by atoms with Gasteiger partial charge < -0.3 is 15.2 Å². The van der Waals surface area contributed by atoms with E-state index in [9.17, 15) is 10.1 Å². The molecule has 0 aliphatic rings. The Bertz CT molecular complexity index is 703. The second-order valence-corrected chi connectivity index (χ2v) is 4.19. The van der Waals surface area contributed by atoms with Gasteiger partial charge in [-0.25, -0.2) is 9.97 Å². The van der Waals surface area contributed by atoms with Gasteiger partial charge in [-0.15, -0.1) is 0 Å². The first kappa shape index (κ1) is 14.5. The molecule has 0 amide bonds. The molecule has 2 N–H and O–H groups in total. The highest BCUT2D eigenvalue weighted by atomic mass is 16.6. The van der Waals surface area contributed by atoms with Crippen molar-refractivity contribution < 1.29 is 14.4 Å². The van der Waals surface area contributed by atoms with Crippen LogP contribution in [0.3, 0.4) is 0 Å². The predicted molar refractivity (Wildman–Crippen MR) is 76.4 cm³/mol. The van der Waals surface area contributed by atoms with Gasteiger partial charge in [0.1, 0.15) is 5.69 Å². The second-order valence-electron chi connectivity index (χ2n) is 4.19. The van der Waals surface area contributed by atoms with Crippen LogP contribution in [0.25, 0.3) is 11.3 Å². The van der Waals surface area contributed by atoms with Crippen molar-refractivity contribution in [1.82, 2.24) is 9.97 Å². The van der Waals surface area contributed by atoms with E-state index in [1.165, 1.54) is 21.1 Å². The average molecular weight is 290 g/mol. The van der Waals surface area contributed by atoms with E-state index in [-0.39, 0.29) is 23.0 Å². The number of benzene rings is 1. The number of hydrogen-bond acceptors (Lipinski definition) is 7. The van der Waals surface area contributed by atoms with Crippen LogP contribution < -0.4 is 15.2 Å². The van der Waals surface area contributed by atoms with Gasteiger partial charge in [-0.1, -0.05) is 0 Å². The zero-order valence-corrected chi connectivity index (χ0v) is 11.8. The average Bonchev–Trinajstić information content (AvgIpc) is 2.45. The number of hydrogen-bond donors (Lipinski definition) is 1. The molecule has 0 saturated heterocycles. The molecule has 1 heterocycles. The summed E-state index contributed by atoms with van der Waals surface area (Å²) < 4.78 is 10.3. The largest absolute Gasteiger partial charge is 0.493 e. The van der Waals surface area contributed by atoms with Crippen LogP contribution in [0, 0.1) is 17.0 Å². The Labute approximate surface area is 120 Å². The molecular weight excluding hydrogens is 276 g/mol. The third-order valence-corrected chi connectivity index (χ3v) is 2.92. The molecule has 0 aliphatic heterocycles. The van der Waals surface area contributed by atoms with Gasteiger partial charge in [-0.3, -0.25) is 10.1 Å². The normalized spacial score (nSPS) is 10.2. The van der Waals surface area contributed by atoms with E-state index in [1.54, 1.807) is 18.2 Å². The molecule has 0 fully saturated rings. The summed E-state index contributed by atoms with van der Waals surface area (Å²) >= 11 is 0. The fourth-order valence-electron chi connectivity index (χ4n) is 1.99. The minimum atomic E-state index is -0.527. The lowest BCUT2D eigenvalue weighted by Gasteiger charge is -2.10. The number of ether oxygens (including phenoxy) is 2. The van der Waals surface area contributed by atoms with E-state index < -0.39 is 4.92 Å². The summed E-state index contributed by atoms with van der Waals surface area (Å²) in [4.78, 5) is 18.5. The van der Waals surface area contributed by atoms with Crippen molar-refractivity contribution in [3.8, 4) is 22.8 Å². The van der Waals surface area contributed by atoms with Crippen LogP contribution in [0.1, 0.15) is 5.69 Å². The maximum atomic E-state index is 11.2. The smallest absolute Gasteiger partial charge is 0.316 e. The van der Waals surface area contributed by atoms with Crippen LogP contribution in [-0.4, -0.2) is 29.1 Å². The third-order valence-electron chi connectivity index (χ3n) is 2.92. The molecule has 0 bridgehead atoms. The first-order valence-corrected chi connectivity index (χ1v) is 5.98. The molecule has 8 heteroatoms. The third kappa shape index (κ3) is 2.69. The lowest BCUT2D eigenvalue weighted by atomic mass is 10.1. The van der Waals surface area contributed by atoms with Crippen molar-refractivity contribution >= 4 is 11.6 Å². The van der Waals surface area contributed by atoms with Crippen LogP contribution in [-0.2, 0) is 0 Å². The summed E-state index contributed by atoms with van der Waals surface area (Å²) in [6, 6.07) is 4.90. The van der Waals surface area contributed by atoms with Gasteiger partial charge in [0.15, 0.2) is 17.2 Å². The molecule has 8 nitrogen and oxygen atoms in total. The van der Waals surface area contributed by atoms with Crippen molar-refractivity contribution in [2.24, 2.45) is 0 Å². The van der Waals surface area contributed by atoms with Gasteiger partial charge >= 0.3 is 5.69 Å². The lowest BCUT2D eigenvalue weighted by Crippen LogP contribution is -2.04. The van der Waals surface area contributed by atoms with E-state index >= 15 is 0 Å². The van der Waals surface area contributed by atoms with Gasteiger partial charge in [-0.05, 0) is 25.1 Å². The SMILES string of the molecule is COc1ccc(-c2nc(N)nc(C)c2[N+](=O)[O-])cc1OC. The van der Waals surface area contributed by atoms with Crippen LogP contribution in [0.4, 0.5) is 11.6 Å². The zero-order valence-electron chi connectivity index (χ0n) is 11.8. The van der Waals surface area contributed by atoms with Gasteiger partial charge in [0, 0.05) is 5.56 Å². The molecule has 1 aromatic carbocycles. The van der Waals surface area contributed by atoms with E-state index in [4.69, 9.17) is 15.2 Å². The topological polar surface area (TPSA) is 113 Å². The van der Waals surface area contributed by atoms with Crippen LogP contribution >= 0.6 is 0 Å². The Morgan fingerprint density at radius 3 is 2.43 bits per heavy atom. The van der Waals surface area contributed by atoms with Gasteiger partial charge in [0.2, 0.25) is 5.95 Å². The molecular formula is C13H14N4O4. The highest BCUT2D eigenvalue weighted by Gasteiger charge is 2.23. The minimum Gasteiger partial charge on any atom is -0.493 e. The quantitative estimate of drug-likeness (QED) is 0.676. The standard InChI is InChI=1S/C13H14N4O4/c1-7-12(17(18)19)11(16-13(14)15-7)8-4-5-9(20-2)10(6-8)21-3/h4-6H,1-3H3,(H2,14,15,16). The number of aromatic nitrogens is 2. The Morgan fingerprint density at radius 2 is 1.86 bits per heavy atom. The molecule has 1 aromatic heterocycles. The summed E-state index contributed by atoms with van der Waals surface area (Å²) in [5, 5.41) is 11.2. The van der Waals surface area contributed by atoms with Gasteiger partial charge in [-0.2, -0.15) is 0 Å². The van der Waals surface area contributed by atoms with E-state index in [2.05, 4.69) is 9.97 Å². The summed E-state index contributed by atoms with van der Waals surface area (Å²) in [5.74, 6) is 0.935. The van der Waals surface area contributed by atoms with Crippen LogP contribution in [0.2, 0.25) is 0 Å². The molecule has 2 rings (SSSR count). The van der Waals surface area contributed by atoms with Crippen molar-refractivity contribution in [2.75, 3.05) is 20.0 Å². The summed E-state index contributed by atoms with van der Waals surface area (Å²) in [6.45, 7) is 1.51. The van der Waals surface area contributed by atoms with Crippen molar-refractivity contribution in [3.63, 3.8) is 0 Å². The molecule has 0 saturated carbocycles. The predicted octanol–water partition coefficient (Wildman–Crippen LogP) is 1.96. The summed E-state index contributed by atoms with van der Waals surface area (Å²) in [6.07, 6.45) is 0. The minimum absolute atomic E-state index is 0.0251. The fourth-order valence-corrected chi connectivity index (χ4v) is 1.99. The number of nitrogen functional groups attached to an aromatic ring is 1. The second kappa shape index (κ2) is 5.61. The Kier molecular flexibility index (Phi) is 3.88. The van der Waals surface area contributed by atoms with E-state index in [0.29, 0.717) is 17.1 Å². The van der Waals surface area contributed by atoms with Gasteiger partial charge in [0.05, 0.1) is 19.1 Å². The highest BCUT2D eigenvalue weighted by Crippen LogP contribution is 2.36. The summed E-state index contributed by atoms with van der Waals surface area (Å²) in [7, 11) is 2.99. The number of rotatable bonds is 4. The highest BCUT2D eigenvalue weighted by molar-refractivity contribution is 5.73. The molecule has 0 atom stereocenters. The number of aryl methyl sites for hydroxylation is 1. The van der Waals surface area contributed by atoms with E-state index in [1.807, 2.05) is 0 Å². The van der Waals surface area contributed by atoms with Crippen LogP contribution in [0.15, 0.2) is 18.2 Å². The van der Waals surface area contributed by atoms with Crippen molar-refractivity contribution in [3.05, 3.63) is 34.0 Å². The first-order valence-electron chi connectivity index (χ1n) is 5.98.